The number of hydrogen-bond donors (Lipinski definition) is 0. The first-order valence-electron chi connectivity index (χ1n) is 9.82. The first-order chi connectivity index (χ1) is 15.4. The second-order valence-electron chi connectivity index (χ2n) is 7.02. The van der Waals surface area contributed by atoms with E-state index in [0.717, 1.165) is 12.0 Å². The zero-order chi connectivity index (χ0) is 22.8. The molecule has 0 aliphatic rings. The quantitative estimate of drug-likeness (QED) is 0.310. The molecule has 5 nitrogen and oxygen atoms in total. The van der Waals surface area contributed by atoms with Gasteiger partial charge in [0.05, 0.1) is 23.1 Å². The average Bonchev–Trinajstić information content (AvgIpc) is 2.80. The number of aryl methyl sites for hydroxylation is 1. The van der Waals surface area contributed by atoms with Crippen LogP contribution in [0.2, 0.25) is 10.0 Å². The standard InChI is InChI=1S/C25H18Cl2O5/c1-3-14-4-11-21-19(12-14)22(28)24(23(31-21)15-5-8-17(30-2)9-6-15)32-25(29)18-10-7-16(26)13-20(18)27/h4-13H,3H2,1-2H3. The second kappa shape index (κ2) is 9.07. The number of rotatable bonds is 5. The molecule has 0 aliphatic heterocycles. The molecule has 162 valence electrons. The molecular weight excluding hydrogens is 451 g/mol. The summed E-state index contributed by atoms with van der Waals surface area (Å²) < 4.78 is 16.8. The van der Waals surface area contributed by atoms with Crippen LogP contribution < -0.4 is 14.9 Å². The monoisotopic (exact) mass is 468 g/mol. The predicted octanol–water partition coefficient (Wildman–Crippen LogP) is 6.56. The van der Waals surface area contributed by atoms with Crippen molar-refractivity contribution in [3.8, 4) is 22.8 Å². The van der Waals surface area contributed by atoms with Gasteiger partial charge in [0.25, 0.3) is 0 Å². The molecule has 0 unspecified atom stereocenters. The van der Waals surface area contributed by atoms with Crippen LogP contribution in [0.4, 0.5) is 0 Å². The largest absolute Gasteiger partial charge is 0.497 e. The van der Waals surface area contributed by atoms with Crippen molar-refractivity contribution in [2.75, 3.05) is 7.11 Å². The Balaban J connectivity index is 1.89. The molecule has 1 heterocycles. The number of hydrogen-bond acceptors (Lipinski definition) is 5. The summed E-state index contributed by atoms with van der Waals surface area (Å²) in [5.41, 5.74) is 1.53. The number of benzene rings is 3. The van der Waals surface area contributed by atoms with Crippen molar-refractivity contribution < 1.29 is 18.7 Å². The second-order valence-corrected chi connectivity index (χ2v) is 7.86. The number of fused-ring (bicyclic) bond motifs is 1. The van der Waals surface area contributed by atoms with E-state index >= 15 is 0 Å². The van der Waals surface area contributed by atoms with E-state index in [1.165, 1.54) is 18.2 Å². The van der Waals surface area contributed by atoms with Crippen molar-refractivity contribution in [3.63, 3.8) is 0 Å². The lowest BCUT2D eigenvalue weighted by molar-refractivity contribution is 0.0731. The molecule has 0 radical (unpaired) electrons. The van der Waals surface area contributed by atoms with Crippen molar-refractivity contribution in [3.05, 3.63) is 92.1 Å². The van der Waals surface area contributed by atoms with Crippen LogP contribution in [0.3, 0.4) is 0 Å². The van der Waals surface area contributed by atoms with Crippen LogP contribution >= 0.6 is 23.2 Å². The summed E-state index contributed by atoms with van der Waals surface area (Å²) in [4.78, 5) is 26.3. The molecule has 0 saturated carbocycles. The summed E-state index contributed by atoms with van der Waals surface area (Å²) >= 11 is 12.1. The van der Waals surface area contributed by atoms with Gasteiger partial charge in [-0.25, -0.2) is 4.79 Å². The summed E-state index contributed by atoms with van der Waals surface area (Å²) in [5, 5.41) is 0.821. The fourth-order valence-electron chi connectivity index (χ4n) is 3.27. The first-order valence-corrected chi connectivity index (χ1v) is 10.6. The maximum absolute atomic E-state index is 13.4. The number of carbonyl (C=O) groups is 1. The predicted molar refractivity (Wildman–Crippen MR) is 125 cm³/mol. The third-order valence-corrected chi connectivity index (χ3v) is 5.57. The molecule has 0 saturated heterocycles. The van der Waals surface area contributed by atoms with E-state index in [1.807, 2.05) is 13.0 Å². The first kappa shape index (κ1) is 21.9. The highest BCUT2D eigenvalue weighted by atomic mass is 35.5. The lowest BCUT2D eigenvalue weighted by atomic mass is 10.1. The molecule has 0 spiro atoms. The minimum absolute atomic E-state index is 0.0820. The van der Waals surface area contributed by atoms with Crippen molar-refractivity contribution in [1.29, 1.82) is 0 Å². The molecule has 0 bridgehead atoms. The Hall–Kier alpha value is -3.28. The molecule has 0 amide bonds. The van der Waals surface area contributed by atoms with Crippen LogP contribution in [0.5, 0.6) is 11.5 Å². The van der Waals surface area contributed by atoms with Crippen molar-refractivity contribution >= 4 is 40.1 Å². The number of methoxy groups -OCH3 is 1. The summed E-state index contributed by atoms with van der Waals surface area (Å²) in [5.74, 6) is -0.240. The van der Waals surface area contributed by atoms with Crippen LogP contribution in [-0.4, -0.2) is 13.1 Å². The normalized spacial score (nSPS) is 10.9. The van der Waals surface area contributed by atoms with E-state index in [0.29, 0.717) is 27.3 Å². The maximum atomic E-state index is 13.4. The fourth-order valence-corrected chi connectivity index (χ4v) is 3.76. The van der Waals surface area contributed by atoms with Crippen molar-refractivity contribution in [1.82, 2.24) is 0 Å². The Labute approximate surface area is 194 Å². The topological polar surface area (TPSA) is 65.7 Å². The molecule has 0 aliphatic carbocycles. The van der Waals surface area contributed by atoms with Gasteiger partial charge in [-0.3, -0.25) is 4.79 Å². The van der Waals surface area contributed by atoms with Crippen molar-refractivity contribution in [2.45, 2.75) is 13.3 Å². The third kappa shape index (κ3) is 4.22. The molecule has 0 atom stereocenters. The van der Waals surface area contributed by atoms with E-state index in [2.05, 4.69) is 0 Å². The minimum atomic E-state index is -0.792. The average molecular weight is 469 g/mol. The molecule has 1 aromatic heterocycles. The minimum Gasteiger partial charge on any atom is -0.497 e. The molecule has 0 N–H and O–H groups in total. The molecule has 4 aromatic rings. The van der Waals surface area contributed by atoms with E-state index in [9.17, 15) is 9.59 Å². The molecule has 32 heavy (non-hydrogen) atoms. The van der Waals surface area contributed by atoms with Gasteiger partial charge in [0.15, 0.2) is 5.76 Å². The van der Waals surface area contributed by atoms with E-state index in [1.54, 1.807) is 43.5 Å². The fraction of sp³-hybridized carbons (Fsp3) is 0.120. The third-order valence-electron chi connectivity index (χ3n) is 5.02. The Morgan fingerprint density at radius 1 is 1.00 bits per heavy atom. The van der Waals surface area contributed by atoms with Gasteiger partial charge in [-0.05, 0) is 66.6 Å². The zero-order valence-corrected chi connectivity index (χ0v) is 18.8. The molecule has 3 aromatic carbocycles. The van der Waals surface area contributed by atoms with Gasteiger partial charge in [-0.2, -0.15) is 0 Å². The summed E-state index contributed by atoms with van der Waals surface area (Å²) in [6.07, 6.45) is 0.741. The van der Waals surface area contributed by atoms with Gasteiger partial charge < -0.3 is 13.9 Å². The number of ether oxygens (including phenoxy) is 2. The van der Waals surface area contributed by atoms with Gasteiger partial charge in [0, 0.05) is 10.6 Å². The molecule has 7 heteroatoms. The number of esters is 1. The summed E-state index contributed by atoms with van der Waals surface area (Å²) in [6, 6.07) is 16.6. The lowest BCUT2D eigenvalue weighted by Gasteiger charge is -2.12. The number of carbonyl (C=O) groups excluding carboxylic acids is 1. The van der Waals surface area contributed by atoms with Gasteiger partial charge in [0.1, 0.15) is 11.3 Å². The Morgan fingerprint density at radius 2 is 1.75 bits per heavy atom. The number of halogens is 2. The Morgan fingerprint density at radius 3 is 2.41 bits per heavy atom. The molecule has 0 fully saturated rings. The van der Waals surface area contributed by atoms with Gasteiger partial charge in [0.2, 0.25) is 11.2 Å². The van der Waals surface area contributed by atoms with Crippen LogP contribution in [0, 0.1) is 0 Å². The zero-order valence-electron chi connectivity index (χ0n) is 17.3. The van der Waals surface area contributed by atoms with Gasteiger partial charge in [-0.15, -0.1) is 0 Å². The lowest BCUT2D eigenvalue weighted by Crippen LogP contribution is -2.16. The highest BCUT2D eigenvalue weighted by Crippen LogP contribution is 2.33. The molecule has 4 rings (SSSR count). The van der Waals surface area contributed by atoms with Crippen LogP contribution in [0.15, 0.2) is 69.9 Å². The van der Waals surface area contributed by atoms with Crippen molar-refractivity contribution in [2.24, 2.45) is 0 Å². The van der Waals surface area contributed by atoms with E-state index in [4.69, 9.17) is 37.1 Å². The smallest absolute Gasteiger partial charge is 0.345 e. The summed E-state index contributed by atoms with van der Waals surface area (Å²) in [7, 11) is 1.56. The van der Waals surface area contributed by atoms with E-state index in [-0.39, 0.29) is 22.1 Å². The van der Waals surface area contributed by atoms with Gasteiger partial charge >= 0.3 is 5.97 Å². The van der Waals surface area contributed by atoms with Gasteiger partial charge in [-0.1, -0.05) is 36.2 Å². The van der Waals surface area contributed by atoms with Crippen LogP contribution in [-0.2, 0) is 6.42 Å². The SMILES string of the molecule is CCc1ccc2oc(-c3ccc(OC)cc3)c(OC(=O)c3ccc(Cl)cc3Cl)c(=O)c2c1. The highest BCUT2D eigenvalue weighted by molar-refractivity contribution is 6.36. The Kier molecular flexibility index (Phi) is 6.21. The summed E-state index contributed by atoms with van der Waals surface area (Å²) in [6.45, 7) is 1.98. The molecular formula is C25H18Cl2O5. The van der Waals surface area contributed by atoms with E-state index < -0.39 is 11.4 Å². The van der Waals surface area contributed by atoms with Crippen LogP contribution in [0.25, 0.3) is 22.3 Å². The Bertz CT molecular complexity index is 1370. The highest BCUT2D eigenvalue weighted by Gasteiger charge is 2.23. The van der Waals surface area contributed by atoms with Crippen LogP contribution in [0.1, 0.15) is 22.8 Å². The maximum Gasteiger partial charge on any atom is 0.345 e.